The van der Waals surface area contributed by atoms with Crippen LogP contribution in [-0.4, -0.2) is 20.2 Å². The average molecular weight is 204 g/mol. The second-order valence-corrected chi connectivity index (χ2v) is 3.38. The summed E-state index contributed by atoms with van der Waals surface area (Å²) in [5.41, 5.74) is -0.0501. The molecule has 0 atom stereocenters. The molecule has 0 unspecified atom stereocenters. The van der Waals surface area contributed by atoms with E-state index in [1.54, 1.807) is 7.05 Å². The van der Waals surface area contributed by atoms with Crippen molar-refractivity contribution in [1.29, 1.82) is 0 Å². The molecule has 0 amide bonds. The van der Waals surface area contributed by atoms with Crippen molar-refractivity contribution in [2.75, 3.05) is 5.88 Å². The smallest absolute Gasteiger partial charge is 0.285 e. The SMILES string of the molecule is Cn1cnn(CCCCCCl)c1=O. The molecular weight excluding hydrogens is 190 g/mol. The fourth-order valence-electron chi connectivity index (χ4n) is 1.11. The van der Waals surface area contributed by atoms with Gasteiger partial charge in [-0.15, -0.1) is 11.6 Å². The highest BCUT2D eigenvalue weighted by Gasteiger charge is 1.99. The fourth-order valence-corrected chi connectivity index (χ4v) is 1.30. The molecule has 0 spiro atoms. The van der Waals surface area contributed by atoms with Crippen molar-refractivity contribution in [3.63, 3.8) is 0 Å². The quantitative estimate of drug-likeness (QED) is 0.529. The topological polar surface area (TPSA) is 39.8 Å². The summed E-state index contributed by atoms with van der Waals surface area (Å²) in [4.78, 5) is 11.3. The molecule has 0 saturated heterocycles. The van der Waals surface area contributed by atoms with Gasteiger partial charge in [0.25, 0.3) is 0 Å². The minimum Gasteiger partial charge on any atom is -0.285 e. The first-order chi connectivity index (χ1) is 6.25. The maximum atomic E-state index is 11.3. The van der Waals surface area contributed by atoms with E-state index in [-0.39, 0.29) is 5.69 Å². The molecule has 74 valence electrons. The first-order valence-electron chi connectivity index (χ1n) is 4.40. The van der Waals surface area contributed by atoms with Crippen molar-refractivity contribution < 1.29 is 0 Å². The zero-order valence-corrected chi connectivity index (χ0v) is 8.50. The van der Waals surface area contributed by atoms with E-state index < -0.39 is 0 Å². The summed E-state index contributed by atoms with van der Waals surface area (Å²) < 4.78 is 2.95. The van der Waals surface area contributed by atoms with Gasteiger partial charge >= 0.3 is 5.69 Å². The second kappa shape index (κ2) is 5.07. The molecule has 0 N–H and O–H groups in total. The lowest BCUT2D eigenvalue weighted by Gasteiger charge is -1.97. The Morgan fingerprint density at radius 2 is 2.23 bits per heavy atom. The van der Waals surface area contributed by atoms with Crippen molar-refractivity contribution in [3.8, 4) is 0 Å². The molecule has 1 rings (SSSR count). The van der Waals surface area contributed by atoms with Gasteiger partial charge in [0.15, 0.2) is 0 Å². The molecule has 0 aliphatic carbocycles. The van der Waals surface area contributed by atoms with Gasteiger partial charge < -0.3 is 0 Å². The molecule has 13 heavy (non-hydrogen) atoms. The summed E-state index contributed by atoms with van der Waals surface area (Å²) in [6.07, 6.45) is 4.54. The van der Waals surface area contributed by atoms with Crippen LogP contribution in [0.3, 0.4) is 0 Å². The number of rotatable bonds is 5. The number of alkyl halides is 1. The predicted octanol–water partition coefficient (Wildman–Crippen LogP) is 0.991. The number of halogens is 1. The third kappa shape index (κ3) is 2.88. The standard InChI is InChI=1S/C8H14ClN3O/c1-11-7-10-12(8(11)13)6-4-2-3-5-9/h7H,2-6H2,1H3. The van der Waals surface area contributed by atoms with Crippen molar-refractivity contribution in [2.24, 2.45) is 7.05 Å². The van der Waals surface area contributed by atoms with Crippen LogP contribution in [0.25, 0.3) is 0 Å². The van der Waals surface area contributed by atoms with Crippen molar-refractivity contribution in [3.05, 3.63) is 16.8 Å². The first-order valence-corrected chi connectivity index (χ1v) is 4.93. The second-order valence-electron chi connectivity index (χ2n) is 3.00. The Bertz CT molecular complexity index is 305. The number of hydrogen-bond acceptors (Lipinski definition) is 2. The van der Waals surface area contributed by atoms with Crippen LogP contribution in [0.5, 0.6) is 0 Å². The van der Waals surface area contributed by atoms with Crippen LogP contribution in [0.2, 0.25) is 0 Å². The number of aromatic nitrogens is 3. The Hall–Kier alpha value is -0.770. The third-order valence-electron chi connectivity index (χ3n) is 1.89. The number of nitrogens with zero attached hydrogens (tertiary/aromatic N) is 3. The van der Waals surface area contributed by atoms with Gasteiger partial charge in [-0.3, -0.25) is 4.57 Å². The zero-order chi connectivity index (χ0) is 9.68. The predicted molar refractivity (Wildman–Crippen MR) is 52.0 cm³/mol. The molecular formula is C8H14ClN3O. The summed E-state index contributed by atoms with van der Waals surface area (Å²) in [6.45, 7) is 0.691. The van der Waals surface area contributed by atoms with Crippen LogP contribution >= 0.6 is 11.6 Å². The Morgan fingerprint density at radius 3 is 2.77 bits per heavy atom. The van der Waals surface area contributed by atoms with E-state index in [0.717, 1.165) is 19.3 Å². The molecule has 5 heteroatoms. The highest BCUT2D eigenvalue weighted by molar-refractivity contribution is 6.17. The minimum absolute atomic E-state index is 0.0501. The Labute approximate surface area is 82.1 Å². The highest BCUT2D eigenvalue weighted by Crippen LogP contribution is 1.97. The van der Waals surface area contributed by atoms with Crippen molar-refractivity contribution >= 4 is 11.6 Å². The number of hydrogen-bond donors (Lipinski definition) is 0. The van der Waals surface area contributed by atoms with Crippen LogP contribution in [-0.2, 0) is 13.6 Å². The van der Waals surface area contributed by atoms with Crippen molar-refractivity contribution in [2.45, 2.75) is 25.8 Å². The van der Waals surface area contributed by atoms with E-state index in [1.165, 1.54) is 15.6 Å². The van der Waals surface area contributed by atoms with Crippen LogP contribution in [0.4, 0.5) is 0 Å². The minimum atomic E-state index is -0.0501. The molecule has 0 aliphatic rings. The van der Waals surface area contributed by atoms with E-state index in [2.05, 4.69) is 5.10 Å². The van der Waals surface area contributed by atoms with E-state index in [4.69, 9.17) is 11.6 Å². The maximum Gasteiger partial charge on any atom is 0.345 e. The van der Waals surface area contributed by atoms with Gasteiger partial charge in [0, 0.05) is 19.5 Å². The summed E-state index contributed by atoms with van der Waals surface area (Å²) in [6, 6.07) is 0. The van der Waals surface area contributed by atoms with Gasteiger partial charge in [0.05, 0.1) is 0 Å². The average Bonchev–Trinajstić information content (AvgIpc) is 2.43. The van der Waals surface area contributed by atoms with Crippen LogP contribution < -0.4 is 5.69 Å². The molecule has 1 heterocycles. The van der Waals surface area contributed by atoms with Gasteiger partial charge in [-0.25, -0.2) is 9.48 Å². The Morgan fingerprint density at radius 1 is 1.46 bits per heavy atom. The Balaban J connectivity index is 2.37. The lowest BCUT2D eigenvalue weighted by Crippen LogP contribution is -2.23. The summed E-state index contributed by atoms with van der Waals surface area (Å²) >= 11 is 5.53. The van der Waals surface area contributed by atoms with Crippen LogP contribution in [0.15, 0.2) is 11.1 Å². The molecule has 0 fully saturated rings. The summed E-state index contributed by atoms with van der Waals surface area (Å²) in [5.74, 6) is 0.692. The normalized spacial score (nSPS) is 10.6. The largest absolute Gasteiger partial charge is 0.345 e. The van der Waals surface area contributed by atoms with Crippen LogP contribution in [0, 0.1) is 0 Å². The van der Waals surface area contributed by atoms with E-state index >= 15 is 0 Å². The monoisotopic (exact) mass is 203 g/mol. The summed E-state index contributed by atoms with van der Waals surface area (Å²) in [7, 11) is 1.70. The number of unbranched alkanes of at least 4 members (excludes halogenated alkanes) is 2. The molecule has 1 aromatic heterocycles. The molecule has 0 radical (unpaired) electrons. The van der Waals surface area contributed by atoms with E-state index in [0.29, 0.717) is 12.4 Å². The molecule has 0 bridgehead atoms. The van der Waals surface area contributed by atoms with Gasteiger partial charge in [-0.05, 0) is 12.8 Å². The lowest BCUT2D eigenvalue weighted by atomic mass is 10.2. The molecule has 1 aromatic rings. The highest BCUT2D eigenvalue weighted by atomic mass is 35.5. The fraction of sp³-hybridized carbons (Fsp3) is 0.750. The maximum absolute atomic E-state index is 11.3. The van der Waals surface area contributed by atoms with E-state index in [9.17, 15) is 4.79 Å². The van der Waals surface area contributed by atoms with Gasteiger partial charge in [0.1, 0.15) is 6.33 Å². The lowest BCUT2D eigenvalue weighted by molar-refractivity contribution is 0.534. The Kier molecular flexibility index (Phi) is 4.02. The molecule has 0 aliphatic heterocycles. The number of aryl methyl sites for hydroxylation is 2. The van der Waals surface area contributed by atoms with Gasteiger partial charge in [-0.1, -0.05) is 6.42 Å². The molecule has 4 nitrogen and oxygen atoms in total. The van der Waals surface area contributed by atoms with Crippen molar-refractivity contribution in [1.82, 2.24) is 14.3 Å². The van der Waals surface area contributed by atoms with Gasteiger partial charge in [0.2, 0.25) is 0 Å². The van der Waals surface area contributed by atoms with Crippen LogP contribution in [0.1, 0.15) is 19.3 Å². The molecule has 0 aromatic carbocycles. The first kappa shape index (κ1) is 10.3. The summed E-state index contributed by atoms with van der Waals surface area (Å²) in [5, 5.41) is 3.95. The van der Waals surface area contributed by atoms with Gasteiger partial charge in [-0.2, -0.15) is 5.10 Å². The van der Waals surface area contributed by atoms with E-state index in [1.807, 2.05) is 0 Å². The zero-order valence-electron chi connectivity index (χ0n) is 7.74. The molecule has 0 saturated carbocycles. The third-order valence-corrected chi connectivity index (χ3v) is 2.16.